The van der Waals surface area contributed by atoms with Crippen molar-refractivity contribution in [2.45, 2.75) is 38.3 Å². The summed E-state index contributed by atoms with van der Waals surface area (Å²) in [4.78, 5) is 4.33. The number of aromatic nitrogens is 1. The molecule has 0 amide bonds. The summed E-state index contributed by atoms with van der Waals surface area (Å²) in [5.41, 5.74) is 2.15. The number of oxazole rings is 1. The van der Waals surface area contributed by atoms with E-state index >= 15 is 0 Å². The number of halogens is 1. The zero-order chi connectivity index (χ0) is 16.4. The van der Waals surface area contributed by atoms with Crippen molar-refractivity contribution in [2.75, 3.05) is 25.1 Å². The predicted octanol–water partition coefficient (Wildman–Crippen LogP) is 3.64. The number of nitrogens with zero attached hydrogens (tertiary/aromatic N) is 1. The molecular formula is C19H26ClN3O2. The van der Waals surface area contributed by atoms with E-state index < -0.39 is 0 Å². The molecule has 2 aromatic rings. The first-order chi connectivity index (χ1) is 11.8. The maximum absolute atomic E-state index is 5.66. The highest BCUT2D eigenvalue weighted by atomic mass is 35.5. The maximum Gasteiger partial charge on any atom is 0.226 e. The summed E-state index contributed by atoms with van der Waals surface area (Å²) in [7, 11) is 0. The number of benzene rings is 1. The average Bonchev–Trinajstić information content (AvgIpc) is 3.25. The van der Waals surface area contributed by atoms with Gasteiger partial charge in [-0.2, -0.15) is 0 Å². The van der Waals surface area contributed by atoms with Crippen LogP contribution in [0.4, 0.5) is 5.69 Å². The van der Waals surface area contributed by atoms with E-state index in [9.17, 15) is 0 Å². The van der Waals surface area contributed by atoms with Crippen molar-refractivity contribution in [1.29, 1.82) is 0 Å². The molecular weight excluding hydrogens is 338 g/mol. The molecule has 0 spiro atoms. The summed E-state index contributed by atoms with van der Waals surface area (Å²) in [6, 6.07) is 9.31. The van der Waals surface area contributed by atoms with Crippen LogP contribution in [0.5, 0.6) is 0 Å². The number of ether oxygens (including phenoxy) is 1. The SMILES string of the molecule is Cc1cnc(-c2cccc(NC3CCCC3C3COCCN3)c2)o1.Cl. The van der Waals surface area contributed by atoms with Gasteiger partial charge in [-0.25, -0.2) is 4.98 Å². The van der Waals surface area contributed by atoms with Gasteiger partial charge in [0.25, 0.3) is 0 Å². The van der Waals surface area contributed by atoms with E-state index in [0.717, 1.165) is 36.8 Å². The van der Waals surface area contributed by atoms with Crippen LogP contribution >= 0.6 is 12.4 Å². The van der Waals surface area contributed by atoms with Crippen molar-refractivity contribution in [3.63, 3.8) is 0 Å². The highest BCUT2D eigenvalue weighted by Gasteiger charge is 2.34. The van der Waals surface area contributed by atoms with E-state index in [-0.39, 0.29) is 12.4 Å². The van der Waals surface area contributed by atoms with Gasteiger partial charge in [-0.3, -0.25) is 0 Å². The summed E-state index contributed by atoms with van der Waals surface area (Å²) in [6.07, 6.45) is 5.51. The number of morpholine rings is 1. The lowest BCUT2D eigenvalue weighted by atomic mass is 9.93. The van der Waals surface area contributed by atoms with Gasteiger partial charge in [0.05, 0.1) is 19.4 Å². The highest BCUT2D eigenvalue weighted by Crippen LogP contribution is 2.32. The lowest BCUT2D eigenvalue weighted by Gasteiger charge is -2.33. The summed E-state index contributed by atoms with van der Waals surface area (Å²) < 4.78 is 11.3. The summed E-state index contributed by atoms with van der Waals surface area (Å²) in [6.45, 7) is 4.55. The molecule has 1 saturated heterocycles. The molecule has 0 radical (unpaired) electrons. The molecule has 5 nitrogen and oxygen atoms in total. The van der Waals surface area contributed by atoms with Gasteiger partial charge in [0.1, 0.15) is 5.76 Å². The number of aryl methyl sites for hydroxylation is 1. The largest absolute Gasteiger partial charge is 0.441 e. The molecule has 4 rings (SSSR count). The monoisotopic (exact) mass is 363 g/mol. The molecule has 1 aliphatic carbocycles. The molecule has 2 heterocycles. The van der Waals surface area contributed by atoms with E-state index in [4.69, 9.17) is 9.15 Å². The van der Waals surface area contributed by atoms with Crippen molar-refractivity contribution in [3.05, 3.63) is 36.2 Å². The van der Waals surface area contributed by atoms with E-state index in [1.54, 1.807) is 6.20 Å². The Kier molecular flexibility index (Phi) is 5.99. The predicted molar refractivity (Wildman–Crippen MR) is 101 cm³/mol. The first-order valence-electron chi connectivity index (χ1n) is 8.90. The number of hydrogen-bond acceptors (Lipinski definition) is 5. The van der Waals surface area contributed by atoms with Crippen LogP contribution in [0.25, 0.3) is 11.5 Å². The Morgan fingerprint density at radius 1 is 1.28 bits per heavy atom. The smallest absolute Gasteiger partial charge is 0.226 e. The molecule has 1 aromatic carbocycles. The molecule has 3 atom stereocenters. The normalized spacial score (nSPS) is 26.2. The molecule has 136 valence electrons. The van der Waals surface area contributed by atoms with E-state index in [2.05, 4.69) is 33.8 Å². The molecule has 25 heavy (non-hydrogen) atoms. The third kappa shape index (κ3) is 4.17. The number of nitrogens with one attached hydrogen (secondary N) is 2. The van der Waals surface area contributed by atoms with Crippen molar-refractivity contribution in [2.24, 2.45) is 5.92 Å². The molecule has 1 saturated carbocycles. The molecule has 2 aliphatic rings. The Morgan fingerprint density at radius 3 is 2.96 bits per heavy atom. The van der Waals surface area contributed by atoms with Crippen molar-refractivity contribution in [3.8, 4) is 11.5 Å². The van der Waals surface area contributed by atoms with Gasteiger partial charge in [0.15, 0.2) is 0 Å². The first kappa shape index (κ1) is 18.2. The number of rotatable bonds is 4. The zero-order valence-electron chi connectivity index (χ0n) is 14.5. The summed E-state index contributed by atoms with van der Waals surface area (Å²) in [5.74, 6) is 2.14. The Balaban J connectivity index is 0.00000182. The minimum absolute atomic E-state index is 0. The second-order valence-corrected chi connectivity index (χ2v) is 6.84. The van der Waals surface area contributed by atoms with E-state index in [1.807, 2.05) is 13.0 Å². The van der Waals surface area contributed by atoms with E-state index in [1.165, 1.54) is 19.3 Å². The van der Waals surface area contributed by atoms with Crippen molar-refractivity contribution < 1.29 is 9.15 Å². The van der Waals surface area contributed by atoms with Gasteiger partial charge < -0.3 is 19.8 Å². The van der Waals surface area contributed by atoms with Gasteiger partial charge in [-0.1, -0.05) is 12.5 Å². The van der Waals surface area contributed by atoms with Crippen LogP contribution < -0.4 is 10.6 Å². The Hall–Kier alpha value is -1.56. The molecule has 2 fully saturated rings. The van der Waals surface area contributed by atoms with Gasteiger partial charge in [-0.05, 0) is 43.9 Å². The van der Waals surface area contributed by atoms with Crippen LogP contribution in [-0.2, 0) is 4.74 Å². The lowest BCUT2D eigenvalue weighted by Crippen LogP contribution is -2.49. The van der Waals surface area contributed by atoms with Crippen molar-refractivity contribution >= 4 is 18.1 Å². The first-order valence-corrected chi connectivity index (χ1v) is 8.90. The van der Waals surface area contributed by atoms with Crippen LogP contribution in [0.3, 0.4) is 0 Å². The minimum Gasteiger partial charge on any atom is -0.441 e. The van der Waals surface area contributed by atoms with Gasteiger partial charge in [0, 0.05) is 29.9 Å². The lowest BCUT2D eigenvalue weighted by molar-refractivity contribution is 0.0559. The average molecular weight is 364 g/mol. The second kappa shape index (κ2) is 8.21. The fourth-order valence-electron chi connectivity index (χ4n) is 3.95. The summed E-state index contributed by atoms with van der Waals surface area (Å²) >= 11 is 0. The molecule has 3 unspecified atom stereocenters. The molecule has 1 aromatic heterocycles. The van der Waals surface area contributed by atoms with Crippen LogP contribution in [0.1, 0.15) is 25.0 Å². The minimum atomic E-state index is 0. The molecule has 1 aliphatic heterocycles. The molecule has 0 bridgehead atoms. The van der Waals surface area contributed by atoms with Gasteiger partial charge in [-0.15, -0.1) is 12.4 Å². The van der Waals surface area contributed by atoms with Crippen LogP contribution in [0, 0.1) is 12.8 Å². The standard InChI is InChI=1S/C19H25N3O2.ClH/c1-13-11-21-19(24-13)14-4-2-5-15(10-14)22-17-7-3-6-16(17)18-12-23-9-8-20-18;/h2,4-5,10-11,16-18,20,22H,3,6-9,12H2,1H3;1H. The van der Waals surface area contributed by atoms with Crippen molar-refractivity contribution in [1.82, 2.24) is 10.3 Å². The Morgan fingerprint density at radius 2 is 2.20 bits per heavy atom. The second-order valence-electron chi connectivity index (χ2n) is 6.84. The van der Waals surface area contributed by atoms with Gasteiger partial charge in [0.2, 0.25) is 5.89 Å². The number of anilines is 1. The third-order valence-electron chi connectivity index (χ3n) is 5.12. The maximum atomic E-state index is 5.66. The Bertz CT molecular complexity index is 685. The topological polar surface area (TPSA) is 59.3 Å². The molecule has 6 heteroatoms. The fraction of sp³-hybridized carbons (Fsp3) is 0.526. The summed E-state index contributed by atoms with van der Waals surface area (Å²) in [5, 5.41) is 7.37. The van der Waals surface area contributed by atoms with Gasteiger partial charge >= 0.3 is 0 Å². The van der Waals surface area contributed by atoms with Crippen LogP contribution in [0.15, 0.2) is 34.9 Å². The van der Waals surface area contributed by atoms with E-state index in [0.29, 0.717) is 23.9 Å². The quantitative estimate of drug-likeness (QED) is 0.868. The zero-order valence-corrected chi connectivity index (χ0v) is 15.3. The molecule has 2 N–H and O–H groups in total. The Labute approximate surface area is 155 Å². The third-order valence-corrected chi connectivity index (χ3v) is 5.12. The van der Waals surface area contributed by atoms with Crippen LogP contribution in [0.2, 0.25) is 0 Å². The highest BCUT2D eigenvalue weighted by molar-refractivity contribution is 5.85. The number of hydrogen-bond donors (Lipinski definition) is 2. The van der Waals surface area contributed by atoms with Crippen LogP contribution in [-0.4, -0.2) is 36.8 Å². The fourth-order valence-corrected chi connectivity index (χ4v) is 3.95.